The molecule has 6 nitrogen and oxygen atoms in total. The van der Waals surface area contributed by atoms with Crippen molar-refractivity contribution in [1.82, 2.24) is 0 Å². The molecule has 0 aliphatic rings. The molecule has 0 amide bonds. The molecule has 0 fully saturated rings. The highest BCUT2D eigenvalue weighted by Gasteiger charge is 2.19. The number of guanidine groups is 1. The van der Waals surface area contributed by atoms with Gasteiger partial charge in [-0.15, -0.1) is 0 Å². The van der Waals surface area contributed by atoms with Crippen LogP contribution in [0.5, 0.6) is 0 Å². The number of fused-ring (bicyclic) bond motifs is 1. The average molecular weight is 320 g/mol. The zero-order valence-electron chi connectivity index (χ0n) is 13.1. The van der Waals surface area contributed by atoms with E-state index in [1.165, 1.54) is 11.0 Å². The van der Waals surface area contributed by atoms with Crippen molar-refractivity contribution >= 4 is 33.8 Å². The van der Waals surface area contributed by atoms with Crippen LogP contribution in [0.3, 0.4) is 0 Å². The number of nitrogens with two attached hydrogens (primary N) is 1. The van der Waals surface area contributed by atoms with E-state index in [1.54, 1.807) is 19.1 Å². The lowest BCUT2D eigenvalue weighted by molar-refractivity contribution is -0.385. The summed E-state index contributed by atoms with van der Waals surface area (Å²) in [6, 6.07) is 18.2. The lowest BCUT2D eigenvalue weighted by atomic mass is 10.1. The van der Waals surface area contributed by atoms with Crippen molar-refractivity contribution in [3.8, 4) is 0 Å². The van der Waals surface area contributed by atoms with Gasteiger partial charge in [-0.25, -0.2) is 0 Å². The van der Waals surface area contributed by atoms with Gasteiger partial charge in [0.05, 0.1) is 16.3 Å². The van der Waals surface area contributed by atoms with E-state index in [0.29, 0.717) is 16.9 Å². The van der Waals surface area contributed by atoms with E-state index in [2.05, 4.69) is 0 Å². The molecule has 0 bridgehead atoms. The first-order valence-corrected chi connectivity index (χ1v) is 7.36. The largest absolute Gasteiger partial charge is 0.369 e. The summed E-state index contributed by atoms with van der Waals surface area (Å²) in [5.74, 6) is -0.204. The van der Waals surface area contributed by atoms with Crippen LogP contribution in [-0.2, 0) is 0 Å². The van der Waals surface area contributed by atoms with Gasteiger partial charge in [-0.2, -0.15) is 0 Å². The van der Waals surface area contributed by atoms with E-state index in [9.17, 15) is 10.1 Å². The van der Waals surface area contributed by atoms with E-state index in [4.69, 9.17) is 11.1 Å². The fourth-order valence-electron chi connectivity index (χ4n) is 2.74. The maximum Gasteiger partial charge on any atom is 0.274 e. The van der Waals surface area contributed by atoms with Crippen LogP contribution >= 0.6 is 0 Å². The first-order valence-electron chi connectivity index (χ1n) is 7.36. The number of nitro benzene ring substituents is 1. The smallest absolute Gasteiger partial charge is 0.274 e. The first-order chi connectivity index (χ1) is 11.5. The number of hydrogen-bond donors (Lipinski definition) is 2. The third-order valence-electron chi connectivity index (χ3n) is 3.90. The van der Waals surface area contributed by atoms with Gasteiger partial charge in [0.1, 0.15) is 0 Å². The van der Waals surface area contributed by atoms with Gasteiger partial charge in [0.15, 0.2) is 5.96 Å². The third-order valence-corrected chi connectivity index (χ3v) is 3.90. The Balaban J connectivity index is 2.23. The second-order valence-electron chi connectivity index (χ2n) is 5.45. The van der Waals surface area contributed by atoms with Crippen molar-refractivity contribution in [2.45, 2.75) is 6.92 Å². The van der Waals surface area contributed by atoms with E-state index < -0.39 is 4.92 Å². The van der Waals surface area contributed by atoms with Crippen molar-refractivity contribution in [3.63, 3.8) is 0 Å². The number of benzene rings is 3. The van der Waals surface area contributed by atoms with Gasteiger partial charge in [-0.1, -0.05) is 42.5 Å². The zero-order valence-corrected chi connectivity index (χ0v) is 13.1. The molecule has 0 saturated heterocycles. The predicted molar refractivity (Wildman–Crippen MR) is 95.8 cm³/mol. The minimum atomic E-state index is -0.430. The molecular weight excluding hydrogens is 304 g/mol. The summed E-state index contributed by atoms with van der Waals surface area (Å²) < 4.78 is 0. The van der Waals surface area contributed by atoms with Crippen LogP contribution in [0.4, 0.5) is 17.1 Å². The molecule has 0 spiro atoms. The van der Waals surface area contributed by atoms with Gasteiger partial charge in [-0.05, 0) is 24.4 Å². The number of nitrogens with one attached hydrogen (secondary N) is 1. The molecule has 0 heterocycles. The molecule has 24 heavy (non-hydrogen) atoms. The van der Waals surface area contributed by atoms with Gasteiger partial charge in [0.2, 0.25) is 0 Å². The Morgan fingerprint density at radius 3 is 2.54 bits per heavy atom. The van der Waals surface area contributed by atoms with E-state index in [1.807, 2.05) is 42.5 Å². The molecule has 0 unspecified atom stereocenters. The van der Waals surface area contributed by atoms with Crippen LogP contribution in [0.2, 0.25) is 0 Å². The Kier molecular flexibility index (Phi) is 3.87. The molecule has 120 valence electrons. The van der Waals surface area contributed by atoms with E-state index in [0.717, 1.165) is 10.8 Å². The molecule has 0 aliphatic heterocycles. The summed E-state index contributed by atoms with van der Waals surface area (Å²) in [6.45, 7) is 1.68. The summed E-state index contributed by atoms with van der Waals surface area (Å²) in [5.41, 5.74) is 7.54. The number of anilines is 2. The lowest BCUT2D eigenvalue weighted by Crippen LogP contribution is -2.32. The Bertz CT molecular complexity index is 947. The lowest BCUT2D eigenvalue weighted by Gasteiger charge is -2.24. The fraction of sp³-hybridized carbons (Fsp3) is 0.0556. The summed E-state index contributed by atoms with van der Waals surface area (Å²) in [7, 11) is 0. The van der Waals surface area contributed by atoms with Crippen LogP contribution in [-0.4, -0.2) is 10.9 Å². The molecule has 3 aromatic rings. The normalized spacial score (nSPS) is 10.5. The van der Waals surface area contributed by atoms with Gasteiger partial charge in [-0.3, -0.25) is 20.4 Å². The summed E-state index contributed by atoms with van der Waals surface area (Å²) in [5, 5.41) is 21.1. The average Bonchev–Trinajstić information content (AvgIpc) is 2.56. The van der Waals surface area contributed by atoms with Crippen molar-refractivity contribution in [2.75, 3.05) is 4.90 Å². The molecule has 0 atom stereocenters. The topological polar surface area (TPSA) is 96.2 Å². The number of rotatable bonds is 3. The standard InChI is InChI=1S/C18H16N4O2/c1-12-9-10-14(11-17(12)22(23)24)21(18(19)20)16-8-4-6-13-5-2-3-7-15(13)16/h2-11H,1H3,(H3,19,20). The first kappa shape index (κ1) is 15.5. The van der Waals surface area contributed by atoms with Crippen molar-refractivity contribution in [2.24, 2.45) is 5.73 Å². The molecule has 0 aliphatic carbocycles. The molecule has 0 saturated carbocycles. The molecule has 3 aromatic carbocycles. The number of nitro groups is 1. The highest BCUT2D eigenvalue weighted by molar-refractivity contribution is 6.08. The Morgan fingerprint density at radius 2 is 1.83 bits per heavy atom. The Hall–Kier alpha value is -3.41. The number of aryl methyl sites for hydroxylation is 1. The van der Waals surface area contributed by atoms with Crippen molar-refractivity contribution in [1.29, 1.82) is 5.41 Å². The SMILES string of the molecule is Cc1ccc(N(C(=N)N)c2cccc3ccccc23)cc1[N+](=O)[O-]. The summed E-state index contributed by atoms with van der Waals surface area (Å²) in [4.78, 5) is 12.3. The van der Waals surface area contributed by atoms with Crippen LogP contribution in [0.25, 0.3) is 10.8 Å². The Morgan fingerprint density at radius 1 is 1.12 bits per heavy atom. The number of hydrogen-bond acceptors (Lipinski definition) is 3. The van der Waals surface area contributed by atoms with Crippen LogP contribution in [0.1, 0.15) is 5.56 Å². The van der Waals surface area contributed by atoms with Crippen LogP contribution < -0.4 is 10.6 Å². The third kappa shape index (κ3) is 2.65. The molecule has 0 aromatic heterocycles. The van der Waals surface area contributed by atoms with Crippen LogP contribution in [0.15, 0.2) is 60.7 Å². The Labute approximate surface area is 138 Å². The summed E-state index contributed by atoms with van der Waals surface area (Å²) in [6.07, 6.45) is 0. The van der Waals surface area contributed by atoms with Crippen molar-refractivity contribution in [3.05, 3.63) is 76.3 Å². The van der Waals surface area contributed by atoms with E-state index >= 15 is 0 Å². The van der Waals surface area contributed by atoms with Gasteiger partial charge in [0.25, 0.3) is 5.69 Å². The predicted octanol–water partition coefficient (Wildman–Crippen LogP) is 4.09. The zero-order chi connectivity index (χ0) is 17.3. The maximum absolute atomic E-state index is 11.2. The highest BCUT2D eigenvalue weighted by atomic mass is 16.6. The quantitative estimate of drug-likeness (QED) is 0.329. The van der Waals surface area contributed by atoms with Gasteiger partial charge in [0, 0.05) is 17.0 Å². The second kappa shape index (κ2) is 6.00. The minimum absolute atomic E-state index is 0.000938. The molecule has 3 N–H and O–H groups in total. The second-order valence-corrected chi connectivity index (χ2v) is 5.45. The summed E-state index contributed by atoms with van der Waals surface area (Å²) >= 11 is 0. The molecule has 6 heteroatoms. The molecule has 0 radical (unpaired) electrons. The van der Waals surface area contributed by atoms with Crippen molar-refractivity contribution < 1.29 is 4.92 Å². The van der Waals surface area contributed by atoms with Crippen LogP contribution in [0, 0.1) is 22.4 Å². The number of nitrogens with zero attached hydrogens (tertiary/aromatic N) is 2. The van der Waals surface area contributed by atoms with E-state index in [-0.39, 0.29) is 11.6 Å². The maximum atomic E-state index is 11.2. The minimum Gasteiger partial charge on any atom is -0.369 e. The van der Waals surface area contributed by atoms with Gasteiger partial charge < -0.3 is 5.73 Å². The molecule has 3 rings (SSSR count). The molecular formula is C18H16N4O2. The fourth-order valence-corrected chi connectivity index (χ4v) is 2.74. The highest BCUT2D eigenvalue weighted by Crippen LogP contribution is 2.34. The van der Waals surface area contributed by atoms with Gasteiger partial charge >= 0.3 is 0 Å². The monoisotopic (exact) mass is 320 g/mol.